The molecule has 4 aliphatic heterocycles. The Balaban J connectivity index is 0.000000203. The quantitative estimate of drug-likeness (QED) is 0.0575. The first kappa shape index (κ1) is 57.9. The molecule has 0 aliphatic carbocycles. The minimum atomic E-state index is -1.31. The molecule has 72 heavy (non-hydrogen) atoms. The second-order valence-corrected chi connectivity index (χ2v) is 15.5. The average molecular weight is 1030 g/mol. The second kappa shape index (κ2) is 25.6. The van der Waals surface area contributed by atoms with Gasteiger partial charge >= 0.3 is 22.8 Å². The molecule has 4 saturated heterocycles. The summed E-state index contributed by atoms with van der Waals surface area (Å²) >= 11 is 0. The molecule has 4 aromatic rings. The number of anilines is 4. The normalized spacial score (nSPS) is 31.4. The molecule has 0 amide bonds. The minimum absolute atomic E-state index is 0.0537. The van der Waals surface area contributed by atoms with Crippen LogP contribution < -0.4 is 57.2 Å². The largest absolute Gasteiger partial charge is 0.394 e. The predicted molar refractivity (Wildman–Crippen MR) is 240 cm³/mol. The number of hydrogen-bond donors (Lipinski definition) is 19. The minimum Gasteiger partial charge on any atom is -0.394 e. The lowest BCUT2D eigenvalue weighted by atomic mass is 10.1. The molecule has 25 N–H and O–H groups in total. The first-order valence-electron chi connectivity index (χ1n) is 20.9. The smallest absolute Gasteiger partial charge is 0.351 e. The van der Waals surface area contributed by atoms with Crippen molar-refractivity contribution in [1.82, 2.24) is 38.2 Å². The summed E-state index contributed by atoms with van der Waals surface area (Å²) in [4.78, 5) is 60.0. The number of nitrogen functional groups attached to an aromatic ring is 4. The fourth-order valence-corrected chi connectivity index (χ4v) is 6.92. The Kier molecular flexibility index (Phi) is 20.6. The molecule has 400 valence electrons. The molecular formula is C37H57N15O20. The molecule has 4 aliphatic rings. The highest BCUT2D eigenvalue weighted by Gasteiger charge is 2.46. The molecule has 0 saturated carbocycles. The molecule has 35 nitrogen and oxygen atoms in total. The first-order valence-corrected chi connectivity index (χ1v) is 20.9. The Morgan fingerprint density at radius 1 is 0.417 bits per heavy atom. The Bertz CT molecular complexity index is 2300. The van der Waals surface area contributed by atoms with Gasteiger partial charge in [0.05, 0.1) is 26.4 Å². The van der Waals surface area contributed by atoms with Crippen LogP contribution in [-0.4, -0.2) is 205 Å². The van der Waals surface area contributed by atoms with Crippen LogP contribution in [0.4, 0.5) is 23.3 Å². The molecule has 35 heteroatoms. The van der Waals surface area contributed by atoms with Crippen molar-refractivity contribution >= 4 is 29.2 Å². The zero-order valence-corrected chi connectivity index (χ0v) is 37.4. The third-order valence-corrected chi connectivity index (χ3v) is 10.6. The standard InChI is InChI=1S/4C9H13N3O5.CH5N3/c4*10-5-1-2-12(9(16)11-5)8-7(15)6(14)4(3-13)17-8;2-1(3)4/h4*1-2,4,6-8,13-15H,3H2,(H2,10,11,16);(H5,2,3,4)/t4*4-,6-,7-,8-;/m1111./s1. The van der Waals surface area contributed by atoms with Gasteiger partial charge in [0.25, 0.3) is 0 Å². The molecule has 0 bridgehead atoms. The number of hydrogen-bond acceptors (Lipinski definition) is 29. The van der Waals surface area contributed by atoms with Gasteiger partial charge in [-0.3, -0.25) is 23.7 Å². The van der Waals surface area contributed by atoms with Crippen LogP contribution in [-0.2, 0) is 18.9 Å². The van der Waals surface area contributed by atoms with E-state index in [0.29, 0.717) is 0 Å². The van der Waals surface area contributed by atoms with Gasteiger partial charge < -0.3 is 115 Å². The summed E-state index contributed by atoms with van der Waals surface area (Å²) in [6, 6.07) is 5.48. The van der Waals surface area contributed by atoms with Gasteiger partial charge in [-0.15, -0.1) is 0 Å². The maximum absolute atomic E-state index is 11.5. The lowest BCUT2D eigenvalue weighted by Crippen LogP contribution is -2.36. The summed E-state index contributed by atoms with van der Waals surface area (Å²) in [6.07, 6.45) is -13.1. The van der Waals surface area contributed by atoms with E-state index in [1.54, 1.807) is 0 Å². The van der Waals surface area contributed by atoms with Gasteiger partial charge in [0, 0.05) is 24.8 Å². The maximum Gasteiger partial charge on any atom is 0.351 e. The van der Waals surface area contributed by atoms with Crippen molar-refractivity contribution in [2.24, 2.45) is 11.5 Å². The van der Waals surface area contributed by atoms with Crippen LogP contribution in [0.3, 0.4) is 0 Å². The fraction of sp³-hybridized carbons (Fsp3) is 0.541. The first-order chi connectivity index (χ1) is 33.9. The van der Waals surface area contributed by atoms with Gasteiger partial charge in [-0.1, -0.05) is 0 Å². The lowest BCUT2D eigenvalue weighted by Gasteiger charge is -2.16. The summed E-state index contributed by atoms with van der Waals surface area (Å²) in [5.74, 6) is -0.119. The zero-order chi connectivity index (χ0) is 53.9. The van der Waals surface area contributed by atoms with Gasteiger partial charge in [-0.05, 0) is 24.3 Å². The van der Waals surface area contributed by atoms with Crippen LogP contribution in [0.25, 0.3) is 0 Å². The van der Waals surface area contributed by atoms with Crippen LogP contribution in [0.1, 0.15) is 24.9 Å². The Hall–Kier alpha value is -6.65. The van der Waals surface area contributed by atoms with Crippen molar-refractivity contribution in [1.29, 1.82) is 5.41 Å². The number of aliphatic hydroxyl groups is 12. The molecule has 8 heterocycles. The summed E-state index contributed by atoms with van der Waals surface area (Å²) < 4.78 is 24.8. The molecular weight excluding hydrogens is 974 g/mol. The van der Waals surface area contributed by atoms with E-state index in [1.165, 1.54) is 49.1 Å². The number of aliphatic hydroxyl groups excluding tert-OH is 12. The number of aromatic nitrogens is 8. The molecule has 4 fully saturated rings. The van der Waals surface area contributed by atoms with Crippen molar-refractivity contribution in [3.05, 3.63) is 91.0 Å². The van der Waals surface area contributed by atoms with Gasteiger partial charge in [0.15, 0.2) is 30.9 Å². The third kappa shape index (κ3) is 13.8. The maximum atomic E-state index is 11.5. The van der Waals surface area contributed by atoms with Crippen LogP contribution >= 0.6 is 0 Å². The summed E-state index contributed by atoms with van der Waals surface area (Å²) in [6.45, 7) is -1.81. The van der Waals surface area contributed by atoms with E-state index in [0.717, 1.165) is 18.3 Å². The number of guanidine groups is 1. The van der Waals surface area contributed by atoms with Gasteiger partial charge in [0.2, 0.25) is 0 Å². The molecule has 16 atom stereocenters. The molecule has 4 aromatic heterocycles. The highest BCUT2D eigenvalue weighted by Crippen LogP contribution is 2.31. The Morgan fingerprint density at radius 2 is 0.583 bits per heavy atom. The van der Waals surface area contributed by atoms with E-state index < -0.39 is 147 Å². The zero-order valence-electron chi connectivity index (χ0n) is 37.4. The van der Waals surface area contributed by atoms with E-state index in [-0.39, 0.29) is 29.2 Å². The van der Waals surface area contributed by atoms with Crippen LogP contribution in [0.15, 0.2) is 68.2 Å². The highest BCUT2D eigenvalue weighted by atomic mass is 16.6. The fourth-order valence-electron chi connectivity index (χ4n) is 6.92. The van der Waals surface area contributed by atoms with Crippen molar-refractivity contribution in [2.45, 2.75) is 98.2 Å². The molecule has 0 spiro atoms. The third-order valence-electron chi connectivity index (χ3n) is 10.6. The topological polar surface area (TPSA) is 599 Å². The monoisotopic (exact) mass is 1030 g/mol. The van der Waals surface area contributed by atoms with Crippen molar-refractivity contribution in [2.75, 3.05) is 49.4 Å². The summed E-state index contributed by atoms with van der Waals surface area (Å²) in [5, 5.41) is 119. The molecule has 0 radical (unpaired) electrons. The van der Waals surface area contributed by atoms with Gasteiger partial charge in [-0.2, -0.15) is 19.9 Å². The Labute approximate surface area is 402 Å². The van der Waals surface area contributed by atoms with E-state index in [9.17, 15) is 60.0 Å². The molecule has 0 unspecified atom stereocenters. The summed E-state index contributed by atoms with van der Waals surface area (Å²) in [7, 11) is 0. The number of ether oxygens (including phenoxy) is 4. The van der Waals surface area contributed by atoms with Crippen molar-refractivity contribution in [3.63, 3.8) is 0 Å². The van der Waals surface area contributed by atoms with Gasteiger partial charge in [-0.25, -0.2) is 19.2 Å². The molecule has 0 aromatic carbocycles. The van der Waals surface area contributed by atoms with Crippen LogP contribution in [0.5, 0.6) is 0 Å². The van der Waals surface area contributed by atoms with E-state index >= 15 is 0 Å². The number of rotatable bonds is 8. The van der Waals surface area contributed by atoms with Crippen LogP contribution in [0.2, 0.25) is 0 Å². The number of nitrogens with one attached hydrogen (secondary N) is 1. The number of nitrogens with two attached hydrogens (primary N) is 6. The summed E-state index contributed by atoms with van der Waals surface area (Å²) in [5.41, 5.74) is 27.5. The Morgan fingerprint density at radius 3 is 0.708 bits per heavy atom. The lowest BCUT2D eigenvalue weighted by molar-refractivity contribution is -0.0549. The van der Waals surface area contributed by atoms with E-state index in [4.69, 9.17) is 67.7 Å². The molecule has 8 rings (SSSR count). The van der Waals surface area contributed by atoms with Crippen molar-refractivity contribution < 1.29 is 80.2 Å². The second-order valence-electron chi connectivity index (χ2n) is 15.5. The predicted octanol–water partition coefficient (Wildman–Crippen LogP) is -11.4. The SMILES string of the molecule is N=C(N)N.Nc1ccn([C@@H]2O[C@H](CO)[C@@H](O)[C@H]2O)c(=O)n1.Nc1ccn([C@@H]2O[C@H](CO)[C@@H](O)[C@H]2O)c(=O)n1.Nc1ccn([C@@H]2O[C@H](CO)[C@@H](O)[C@H]2O)c(=O)n1.Nc1ccn([C@@H]2O[C@H](CO)[C@@H](O)[C@H]2O)c(=O)n1. The highest BCUT2D eigenvalue weighted by molar-refractivity contribution is 5.71. The average Bonchev–Trinajstić information content (AvgIpc) is 3.99. The number of nitrogens with zero attached hydrogens (tertiary/aromatic N) is 8. The van der Waals surface area contributed by atoms with Gasteiger partial charge in [0.1, 0.15) is 96.5 Å². The van der Waals surface area contributed by atoms with Crippen molar-refractivity contribution in [3.8, 4) is 0 Å². The van der Waals surface area contributed by atoms with E-state index in [1.807, 2.05) is 0 Å². The van der Waals surface area contributed by atoms with Crippen LogP contribution in [0, 0.1) is 5.41 Å². The van der Waals surface area contributed by atoms with E-state index in [2.05, 4.69) is 31.4 Å².